The summed E-state index contributed by atoms with van der Waals surface area (Å²) >= 11 is 7.05. The van der Waals surface area contributed by atoms with Gasteiger partial charge >= 0.3 is 0 Å². The second-order valence-electron chi connectivity index (χ2n) is 3.88. The molecule has 0 amide bonds. The maximum Gasteiger partial charge on any atom is 0.263 e. The van der Waals surface area contributed by atoms with E-state index >= 15 is 0 Å². The molecular formula is C10H11ClN4O2S2. The third-order valence-electron chi connectivity index (χ3n) is 2.31. The first-order chi connectivity index (χ1) is 8.79. The van der Waals surface area contributed by atoms with Crippen LogP contribution < -0.4 is 10.5 Å². The molecule has 19 heavy (non-hydrogen) atoms. The van der Waals surface area contributed by atoms with Crippen LogP contribution in [0.15, 0.2) is 17.0 Å². The Kier molecular flexibility index (Phi) is 3.66. The summed E-state index contributed by atoms with van der Waals surface area (Å²) in [5.74, 6) is 0. The van der Waals surface area contributed by atoms with Crippen LogP contribution in [0, 0.1) is 13.8 Å². The van der Waals surface area contributed by atoms with Crippen molar-refractivity contribution in [2.45, 2.75) is 18.7 Å². The number of aromatic nitrogens is 2. The average molecular weight is 319 g/mol. The third kappa shape index (κ3) is 2.96. The van der Waals surface area contributed by atoms with Gasteiger partial charge in [-0.1, -0.05) is 22.9 Å². The lowest BCUT2D eigenvalue weighted by Crippen LogP contribution is -2.13. The summed E-state index contributed by atoms with van der Waals surface area (Å²) in [6.45, 7) is 3.42. The molecule has 0 atom stereocenters. The largest absolute Gasteiger partial charge is 0.397 e. The molecule has 0 aliphatic heterocycles. The van der Waals surface area contributed by atoms with Crippen LogP contribution in [0.25, 0.3) is 0 Å². The zero-order valence-corrected chi connectivity index (χ0v) is 12.5. The van der Waals surface area contributed by atoms with Gasteiger partial charge in [0.2, 0.25) is 5.13 Å². The van der Waals surface area contributed by atoms with Gasteiger partial charge in [0.1, 0.15) is 5.01 Å². The van der Waals surface area contributed by atoms with Gasteiger partial charge in [-0.05, 0) is 31.5 Å². The van der Waals surface area contributed by atoms with Crippen molar-refractivity contribution in [2.75, 3.05) is 10.5 Å². The number of halogens is 1. The summed E-state index contributed by atoms with van der Waals surface area (Å²) < 4.78 is 26.7. The molecule has 0 saturated heterocycles. The summed E-state index contributed by atoms with van der Waals surface area (Å²) in [5, 5.41) is 8.68. The number of hydrogen-bond donors (Lipinski definition) is 2. The zero-order valence-electron chi connectivity index (χ0n) is 10.1. The highest BCUT2D eigenvalue weighted by atomic mass is 35.5. The van der Waals surface area contributed by atoms with Crippen LogP contribution >= 0.6 is 22.9 Å². The number of anilines is 2. The Morgan fingerprint density at radius 1 is 1.32 bits per heavy atom. The Balaban J connectivity index is 2.40. The van der Waals surface area contributed by atoms with Gasteiger partial charge in [0.05, 0.1) is 15.6 Å². The molecule has 0 spiro atoms. The SMILES string of the molecule is Cc1nnc(NS(=O)(=O)c2cc(C)c(Cl)c(N)c2)s1. The second-order valence-corrected chi connectivity index (χ2v) is 7.12. The minimum absolute atomic E-state index is 0.0414. The van der Waals surface area contributed by atoms with Gasteiger partial charge in [-0.25, -0.2) is 8.42 Å². The molecule has 1 aromatic carbocycles. The van der Waals surface area contributed by atoms with Gasteiger partial charge in [-0.3, -0.25) is 4.72 Å². The number of nitrogens with two attached hydrogens (primary N) is 1. The minimum Gasteiger partial charge on any atom is -0.397 e. The highest BCUT2D eigenvalue weighted by Gasteiger charge is 2.18. The van der Waals surface area contributed by atoms with Crippen LogP contribution in [-0.4, -0.2) is 18.6 Å². The van der Waals surface area contributed by atoms with Crippen molar-refractivity contribution in [1.29, 1.82) is 0 Å². The summed E-state index contributed by atoms with van der Waals surface area (Å²) in [6.07, 6.45) is 0. The molecule has 2 aromatic rings. The number of benzene rings is 1. The maximum absolute atomic E-state index is 12.2. The Labute approximate surface area is 119 Å². The Hall–Kier alpha value is -1.38. The summed E-state index contributed by atoms with van der Waals surface area (Å²) in [4.78, 5) is 0.0414. The first-order valence-electron chi connectivity index (χ1n) is 5.18. The molecule has 9 heteroatoms. The monoisotopic (exact) mass is 318 g/mol. The molecule has 0 radical (unpaired) electrons. The van der Waals surface area contributed by atoms with Crippen molar-refractivity contribution in [3.05, 3.63) is 27.7 Å². The molecule has 0 aliphatic carbocycles. The first-order valence-corrected chi connectivity index (χ1v) is 7.86. The lowest BCUT2D eigenvalue weighted by atomic mass is 10.2. The van der Waals surface area contributed by atoms with E-state index in [1.807, 2.05) is 0 Å². The van der Waals surface area contributed by atoms with Crippen LogP contribution in [0.3, 0.4) is 0 Å². The van der Waals surface area contributed by atoms with Gasteiger partial charge in [-0.15, -0.1) is 10.2 Å². The predicted octanol–water partition coefficient (Wildman–Crippen LogP) is 2.19. The fourth-order valence-corrected chi connectivity index (χ4v) is 3.48. The van der Waals surface area contributed by atoms with E-state index in [4.69, 9.17) is 17.3 Å². The Bertz CT molecular complexity index is 704. The fourth-order valence-electron chi connectivity index (χ4n) is 1.43. The number of hydrogen-bond acceptors (Lipinski definition) is 6. The summed E-state index contributed by atoms with van der Waals surface area (Å²) in [6, 6.07) is 2.76. The number of sulfonamides is 1. The van der Waals surface area contributed by atoms with Crippen LogP contribution in [-0.2, 0) is 10.0 Å². The van der Waals surface area contributed by atoms with Crippen molar-refractivity contribution in [2.24, 2.45) is 0 Å². The van der Waals surface area contributed by atoms with E-state index in [1.54, 1.807) is 13.8 Å². The lowest BCUT2D eigenvalue weighted by molar-refractivity contribution is 0.601. The first kappa shape index (κ1) is 14.0. The molecular weight excluding hydrogens is 308 g/mol. The van der Waals surface area contributed by atoms with E-state index in [9.17, 15) is 8.42 Å². The number of nitrogens with zero attached hydrogens (tertiary/aromatic N) is 2. The maximum atomic E-state index is 12.2. The van der Waals surface area contributed by atoms with Crippen LogP contribution in [0.2, 0.25) is 5.02 Å². The highest BCUT2D eigenvalue weighted by molar-refractivity contribution is 7.93. The fraction of sp³-hybridized carbons (Fsp3) is 0.200. The van der Waals surface area contributed by atoms with Crippen molar-refractivity contribution in [3.63, 3.8) is 0 Å². The van der Waals surface area contributed by atoms with Crippen molar-refractivity contribution in [1.82, 2.24) is 10.2 Å². The molecule has 0 aliphatic rings. The van der Waals surface area contributed by atoms with Crippen LogP contribution in [0.1, 0.15) is 10.6 Å². The van der Waals surface area contributed by atoms with E-state index in [-0.39, 0.29) is 15.7 Å². The quantitative estimate of drug-likeness (QED) is 0.845. The van der Waals surface area contributed by atoms with E-state index in [0.717, 1.165) is 11.3 Å². The van der Waals surface area contributed by atoms with E-state index < -0.39 is 10.0 Å². The molecule has 3 N–H and O–H groups in total. The molecule has 1 aromatic heterocycles. The normalized spacial score (nSPS) is 11.5. The molecule has 102 valence electrons. The van der Waals surface area contributed by atoms with Gasteiger partial charge < -0.3 is 5.73 Å². The van der Waals surface area contributed by atoms with Gasteiger partial charge in [-0.2, -0.15) is 0 Å². The molecule has 2 rings (SSSR count). The highest BCUT2D eigenvalue weighted by Crippen LogP contribution is 2.28. The Morgan fingerprint density at radius 2 is 2.00 bits per heavy atom. The van der Waals surface area contributed by atoms with Gasteiger partial charge in [0.25, 0.3) is 10.0 Å². The second kappa shape index (κ2) is 4.95. The smallest absolute Gasteiger partial charge is 0.263 e. The molecule has 1 heterocycles. The number of rotatable bonds is 3. The van der Waals surface area contributed by atoms with Gasteiger partial charge in [0, 0.05) is 0 Å². The predicted molar refractivity (Wildman–Crippen MR) is 76.1 cm³/mol. The van der Waals surface area contributed by atoms with E-state index in [0.29, 0.717) is 15.6 Å². The van der Waals surface area contributed by atoms with Crippen molar-refractivity contribution >= 4 is 43.8 Å². The molecule has 0 bridgehead atoms. The third-order valence-corrected chi connectivity index (χ3v) is 5.03. The average Bonchev–Trinajstić information content (AvgIpc) is 2.70. The molecule has 0 saturated carbocycles. The van der Waals surface area contributed by atoms with Crippen LogP contribution in [0.5, 0.6) is 0 Å². The number of nitrogens with one attached hydrogen (secondary N) is 1. The van der Waals surface area contributed by atoms with E-state index in [1.165, 1.54) is 12.1 Å². The number of nitrogen functional groups attached to an aromatic ring is 1. The standard InChI is InChI=1S/C10H11ClN4O2S2/c1-5-3-7(4-8(12)9(5)11)19(16,17)15-10-14-13-6(2)18-10/h3-4H,12H2,1-2H3,(H,14,15). The summed E-state index contributed by atoms with van der Waals surface area (Å²) in [5.41, 5.74) is 6.48. The van der Waals surface area contributed by atoms with E-state index in [2.05, 4.69) is 14.9 Å². The zero-order chi connectivity index (χ0) is 14.2. The Morgan fingerprint density at radius 3 is 2.53 bits per heavy atom. The minimum atomic E-state index is -3.74. The molecule has 0 fully saturated rings. The number of aryl methyl sites for hydroxylation is 2. The van der Waals surface area contributed by atoms with Crippen molar-refractivity contribution in [3.8, 4) is 0 Å². The molecule has 6 nitrogen and oxygen atoms in total. The molecule has 0 unspecified atom stereocenters. The topological polar surface area (TPSA) is 98.0 Å². The van der Waals surface area contributed by atoms with Crippen LogP contribution in [0.4, 0.5) is 10.8 Å². The summed E-state index contributed by atoms with van der Waals surface area (Å²) in [7, 11) is -3.74. The lowest BCUT2D eigenvalue weighted by Gasteiger charge is -2.08. The van der Waals surface area contributed by atoms with Gasteiger partial charge in [0.15, 0.2) is 0 Å². The van der Waals surface area contributed by atoms with Crippen molar-refractivity contribution < 1.29 is 8.42 Å².